The number of rotatable bonds is 6. The Bertz CT molecular complexity index is 1620. The van der Waals surface area contributed by atoms with Crippen molar-refractivity contribution in [2.75, 3.05) is 7.11 Å². The number of nitrogens with one attached hydrogen (secondary N) is 1. The molecule has 1 atom stereocenters. The standard InChI is InChI=1S/C26H21F3N4O4/c1-13(30)23-22(24(34)31-11-14-12-36-18-6-4-3-5-15(14)18)33-25(37-23)17-7-9-19(35-2)21-16(17)8-10-20(32-21)26(27,28)29/h3-10,12-13H,11,30H2,1-2H3,(H,31,34)/t13-/m0/s1. The minimum absolute atomic E-state index is 0.0143. The molecule has 0 aliphatic heterocycles. The van der Waals surface area contributed by atoms with Gasteiger partial charge in [-0.2, -0.15) is 13.2 Å². The molecule has 190 valence electrons. The van der Waals surface area contributed by atoms with Gasteiger partial charge in [0.15, 0.2) is 11.5 Å². The summed E-state index contributed by atoms with van der Waals surface area (Å²) in [6.07, 6.45) is -3.07. The molecule has 1 amide bonds. The van der Waals surface area contributed by atoms with Crippen LogP contribution >= 0.6 is 0 Å². The number of ether oxygens (including phenoxy) is 1. The molecule has 0 unspecified atom stereocenters. The molecule has 0 aliphatic rings. The van der Waals surface area contributed by atoms with Gasteiger partial charge in [-0.15, -0.1) is 0 Å². The van der Waals surface area contributed by atoms with Gasteiger partial charge in [0, 0.05) is 28.4 Å². The predicted molar refractivity (Wildman–Crippen MR) is 129 cm³/mol. The maximum Gasteiger partial charge on any atom is 0.433 e. The second kappa shape index (κ2) is 9.25. The minimum atomic E-state index is -4.63. The van der Waals surface area contributed by atoms with Gasteiger partial charge < -0.3 is 24.6 Å². The summed E-state index contributed by atoms with van der Waals surface area (Å²) >= 11 is 0. The Morgan fingerprint density at radius 3 is 2.62 bits per heavy atom. The Hall–Kier alpha value is -4.38. The predicted octanol–water partition coefficient (Wildman–Crippen LogP) is 5.61. The van der Waals surface area contributed by atoms with E-state index < -0.39 is 23.8 Å². The highest BCUT2D eigenvalue weighted by Gasteiger charge is 2.33. The number of pyridine rings is 1. The summed E-state index contributed by atoms with van der Waals surface area (Å²) in [5, 5.41) is 3.97. The number of carbonyl (C=O) groups excluding carboxylic acids is 1. The smallest absolute Gasteiger partial charge is 0.433 e. The summed E-state index contributed by atoms with van der Waals surface area (Å²) in [5.41, 5.74) is 6.75. The SMILES string of the molecule is COc1ccc(-c2nc(C(=O)NCc3coc4ccccc34)c([C@H](C)N)o2)c2ccc(C(F)(F)F)nc12. The molecule has 5 aromatic rings. The second-order valence-corrected chi connectivity index (χ2v) is 8.37. The molecule has 0 aliphatic carbocycles. The van der Waals surface area contributed by atoms with Crippen LogP contribution in [0.5, 0.6) is 5.75 Å². The minimum Gasteiger partial charge on any atom is -0.494 e. The average molecular weight is 510 g/mol. The average Bonchev–Trinajstić information content (AvgIpc) is 3.51. The van der Waals surface area contributed by atoms with Gasteiger partial charge in [0.05, 0.1) is 19.4 Å². The van der Waals surface area contributed by atoms with Gasteiger partial charge in [-0.3, -0.25) is 4.79 Å². The van der Waals surface area contributed by atoms with Crippen molar-refractivity contribution in [1.29, 1.82) is 0 Å². The molecular weight excluding hydrogens is 489 g/mol. The number of nitrogens with zero attached hydrogens (tertiary/aromatic N) is 2. The largest absolute Gasteiger partial charge is 0.494 e. The van der Waals surface area contributed by atoms with Crippen molar-refractivity contribution in [3.05, 3.63) is 77.5 Å². The molecule has 11 heteroatoms. The van der Waals surface area contributed by atoms with E-state index in [2.05, 4.69) is 15.3 Å². The molecule has 37 heavy (non-hydrogen) atoms. The molecule has 3 aromatic heterocycles. The number of oxazole rings is 1. The number of aromatic nitrogens is 2. The number of benzene rings is 2. The van der Waals surface area contributed by atoms with E-state index in [1.807, 2.05) is 24.3 Å². The maximum atomic E-state index is 13.3. The number of halogens is 3. The van der Waals surface area contributed by atoms with Gasteiger partial charge in [-0.1, -0.05) is 18.2 Å². The second-order valence-electron chi connectivity index (χ2n) is 8.37. The highest BCUT2D eigenvalue weighted by Crippen LogP contribution is 2.37. The van der Waals surface area contributed by atoms with Gasteiger partial charge >= 0.3 is 6.18 Å². The van der Waals surface area contributed by atoms with E-state index in [4.69, 9.17) is 19.3 Å². The Labute approximate surface area is 208 Å². The van der Waals surface area contributed by atoms with E-state index in [0.717, 1.165) is 17.0 Å². The summed E-state index contributed by atoms with van der Waals surface area (Å²) in [7, 11) is 1.33. The number of fused-ring (bicyclic) bond motifs is 2. The first-order valence-corrected chi connectivity index (χ1v) is 11.2. The summed E-state index contributed by atoms with van der Waals surface area (Å²) < 4.78 is 56.4. The molecule has 3 heterocycles. The maximum absolute atomic E-state index is 13.3. The van der Waals surface area contributed by atoms with Crippen LogP contribution in [0.4, 0.5) is 13.2 Å². The van der Waals surface area contributed by atoms with Crippen molar-refractivity contribution >= 4 is 27.8 Å². The van der Waals surface area contributed by atoms with Crippen LogP contribution in [0.15, 0.2) is 63.6 Å². The number of carbonyl (C=O) groups is 1. The number of amides is 1. The zero-order valence-electron chi connectivity index (χ0n) is 19.7. The third-order valence-corrected chi connectivity index (χ3v) is 5.84. The fourth-order valence-corrected chi connectivity index (χ4v) is 4.05. The number of hydrogen-bond donors (Lipinski definition) is 2. The summed E-state index contributed by atoms with van der Waals surface area (Å²) in [5.74, 6) is -0.231. The Morgan fingerprint density at radius 1 is 1.11 bits per heavy atom. The molecule has 0 bridgehead atoms. The van der Waals surface area contributed by atoms with Gasteiger partial charge in [0.25, 0.3) is 5.91 Å². The van der Waals surface area contributed by atoms with Crippen LogP contribution in [0, 0.1) is 0 Å². The van der Waals surface area contributed by atoms with Crippen LogP contribution in [0.2, 0.25) is 0 Å². The lowest BCUT2D eigenvalue weighted by atomic mass is 10.1. The number of para-hydroxylation sites is 1. The van der Waals surface area contributed by atoms with Crippen LogP contribution in [0.1, 0.15) is 40.5 Å². The normalized spacial score (nSPS) is 12.7. The summed E-state index contributed by atoms with van der Waals surface area (Å²) in [4.78, 5) is 21.2. The lowest BCUT2D eigenvalue weighted by Gasteiger charge is -2.11. The van der Waals surface area contributed by atoms with Gasteiger partial charge in [0.2, 0.25) is 5.89 Å². The molecule has 0 spiro atoms. The van der Waals surface area contributed by atoms with Crippen molar-refractivity contribution < 1.29 is 31.5 Å². The molecule has 0 saturated heterocycles. The Morgan fingerprint density at radius 2 is 1.89 bits per heavy atom. The van der Waals surface area contributed by atoms with Crippen LogP contribution in [-0.2, 0) is 12.7 Å². The number of furan rings is 1. The Balaban J connectivity index is 1.52. The van der Waals surface area contributed by atoms with Crippen LogP contribution in [0.3, 0.4) is 0 Å². The third-order valence-electron chi connectivity index (χ3n) is 5.84. The van der Waals surface area contributed by atoms with E-state index in [1.165, 1.54) is 19.2 Å². The first kappa shape index (κ1) is 24.3. The van der Waals surface area contributed by atoms with E-state index in [1.54, 1.807) is 19.3 Å². The van der Waals surface area contributed by atoms with Crippen molar-refractivity contribution in [3.63, 3.8) is 0 Å². The van der Waals surface area contributed by atoms with E-state index >= 15 is 0 Å². The van der Waals surface area contributed by atoms with Crippen molar-refractivity contribution in [1.82, 2.24) is 15.3 Å². The van der Waals surface area contributed by atoms with Crippen molar-refractivity contribution in [2.24, 2.45) is 5.73 Å². The zero-order valence-corrected chi connectivity index (χ0v) is 19.7. The van der Waals surface area contributed by atoms with Gasteiger partial charge in [-0.25, -0.2) is 9.97 Å². The lowest BCUT2D eigenvalue weighted by Crippen LogP contribution is -2.25. The fourth-order valence-electron chi connectivity index (χ4n) is 4.05. The fraction of sp³-hybridized carbons (Fsp3) is 0.192. The third kappa shape index (κ3) is 4.49. The first-order valence-electron chi connectivity index (χ1n) is 11.2. The van der Waals surface area contributed by atoms with E-state index in [-0.39, 0.29) is 35.2 Å². The highest BCUT2D eigenvalue weighted by molar-refractivity contribution is 5.98. The number of methoxy groups -OCH3 is 1. The molecule has 0 fully saturated rings. The van der Waals surface area contributed by atoms with E-state index in [0.29, 0.717) is 16.5 Å². The zero-order chi connectivity index (χ0) is 26.3. The molecule has 3 N–H and O–H groups in total. The number of hydrogen-bond acceptors (Lipinski definition) is 7. The van der Waals surface area contributed by atoms with Gasteiger partial charge in [-0.05, 0) is 37.3 Å². The van der Waals surface area contributed by atoms with E-state index in [9.17, 15) is 18.0 Å². The molecule has 2 aromatic carbocycles. The lowest BCUT2D eigenvalue weighted by molar-refractivity contribution is -0.140. The van der Waals surface area contributed by atoms with Crippen LogP contribution in [0.25, 0.3) is 33.3 Å². The number of nitrogens with two attached hydrogens (primary N) is 1. The highest BCUT2D eigenvalue weighted by atomic mass is 19.4. The first-order chi connectivity index (χ1) is 17.7. The molecular formula is C26H21F3N4O4. The van der Waals surface area contributed by atoms with Crippen molar-refractivity contribution in [2.45, 2.75) is 25.7 Å². The van der Waals surface area contributed by atoms with Crippen LogP contribution in [-0.4, -0.2) is 23.0 Å². The summed E-state index contributed by atoms with van der Waals surface area (Å²) in [6.45, 7) is 1.81. The number of alkyl halides is 3. The molecule has 0 radical (unpaired) electrons. The topological polar surface area (TPSA) is 116 Å². The summed E-state index contributed by atoms with van der Waals surface area (Å²) in [6, 6.07) is 11.9. The quantitative estimate of drug-likeness (QED) is 0.305. The molecule has 5 rings (SSSR count). The molecule has 0 saturated carbocycles. The molecule has 8 nitrogen and oxygen atoms in total. The monoisotopic (exact) mass is 510 g/mol. The van der Waals surface area contributed by atoms with Crippen molar-refractivity contribution in [3.8, 4) is 17.2 Å². The Kier molecular flexibility index (Phi) is 6.08. The van der Waals surface area contributed by atoms with Gasteiger partial charge in [0.1, 0.15) is 22.5 Å². The van der Waals surface area contributed by atoms with Crippen LogP contribution < -0.4 is 15.8 Å².